The van der Waals surface area contributed by atoms with Gasteiger partial charge in [-0.2, -0.15) is 0 Å². The zero-order valence-corrected chi connectivity index (χ0v) is 11.8. The van der Waals surface area contributed by atoms with E-state index < -0.39 is 0 Å². The van der Waals surface area contributed by atoms with Gasteiger partial charge in [0, 0.05) is 13.1 Å². The molecule has 0 saturated heterocycles. The second-order valence-corrected chi connectivity index (χ2v) is 7.10. The molecule has 104 valence electrons. The van der Waals surface area contributed by atoms with Crippen LogP contribution < -0.4 is 11.4 Å². The van der Waals surface area contributed by atoms with Crippen molar-refractivity contribution in [2.24, 2.45) is 30.7 Å². The van der Waals surface area contributed by atoms with Crippen molar-refractivity contribution < 1.29 is 0 Å². The van der Waals surface area contributed by atoms with Crippen LogP contribution in [0.25, 0.3) is 0 Å². The molecule has 19 heavy (non-hydrogen) atoms. The number of nitrogens with zero attached hydrogens (tertiary/aromatic N) is 2. The largest absolute Gasteiger partial charge is 0.384 e. The summed E-state index contributed by atoms with van der Waals surface area (Å²) in [5, 5.41) is 0. The van der Waals surface area contributed by atoms with Gasteiger partial charge in [-0.05, 0) is 62.7 Å². The van der Waals surface area contributed by atoms with E-state index in [1.165, 1.54) is 32.1 Å². The highest BCUT2D eigenvalue weighted by atomic mass is 16.1. The first-order valence-corrected chi connectivity index (χ1v) is 7.59. The average molecular weight is 261 g/mol. The Labute approximate surface area is 113 Å². The molecule has 0 atom stereocenters. The molecule has 2 N–H and O–H groups in total. The van der Waals surface area contributed by atoms with Crippen molar-refractivity contribution in [2.45, 2.75) is 45.1 Å². The molecular weight excluding hydrogens is 238 g/mol. The Kier molecular flexibility index (Phi) is 2.25. The number of aromatic nitrogens is 2. The molecule has 0 spiro atoms. The Morgan fingerprint density at radius 3 is 2.00 bits per heavy atom. The van der Waals surface area contributed by atoms with Gasteiger partial charge in [0.1, 0.15) is 5.82 Å². The van der Waals surface area contributed by atoms with E-state index in [-0.39, 0.29) is 5.69 Å². The zero-order valence-electron chi connectivity index (χ0n) is 11.8. The van der Waals surface area contributed by atoms with Crippen LogP contribution in [0.3, 0.4) is 0 Å². The molecule has 4 aliphatic rings. The third kappa shape index (κ3) is 1.43. The Bertz CT molecular complexity index is 555. The fourth-order valence-corrected chi connectivity index (χ4v) is 5.36. The highest BCUT2D eigenvalue weighted by Crippen LogP contribution is 2.58. The third-order valence-electron chi connectivity index (χ3n) is 6.10. The van der Waals surface area contributed by atoms with Crippen LogP contribution in [0.5, 0.6) is 0 Å². The minimum absolute atomic E-state index is 0.0903. The number of hydrogen-bond acceptors (Lipinski definition) is 2. The molecule has 5 rings (SSSR count). The van der Waals surface area contributed by atoms with Crippen LogP contribution in [-0.4, -0.2) is 9.13 Å². The first-order chi connectivity index (χ1) is 9.06. The summed E-state index contributed by atoms with van der Waals surface area (Å²) >= 11 is 0. The number of nitrogens with two attached hydrogens (primary N) is 1. The summed E-state index contributed by atoms with van der Waals surface area (Å²) < 4.78 is 3.64. The van der Waals surface area contributed by atoms with E-state index in [4.69, 9.17) is 5.73 Å². The van der Waals surface area contributed by atoms with Crippen LogP contribution in [0.2, 0.25) is 0 Å². The summed E-state index contributed by atoms with van der Waals surface area (Å²) in [6, 6.07) is 0.375. The number of nitrogen functional groups attached to an aromatic ring is 1. The van der Waals surface area contributed by atoms with Crippen LogP contribution in [-0.2, 0) is 7.05 Å². The lowest BCUT2D eigenvalue weighted by Gasteiger charge is -2.54. The van der Waals surface area contributed by atoms with Gasteiger partial charge in [-0.3, -0.25) is 9.13 Å². The van der Waals surface area contributed by atoms with Gasteiger partial charge < -0.3 is 5.73 Å². The highest BCUT2D eigenvalue weighted by Gasteiger charge is 2.49. The molecule has 1 aromatic heterocycles. The summed E-state index contributed by atoms with van der Waals surface area (Å²) in [6.07, 6.45) is 6.71. The minimum Gasteiger partial charge on any atom is -0.384 e. The Balaban J connectivity index is 1.81. The summed E-state index contributed by atoms with van der Waals surface area (Å²) in [7, 11) is 1.83. The van der Waals surface area contributed by atoms with Gasteiger partial charge in [-0.25, -0.2) is 4.79 Å². The van der Waals surface area contributed by atoms with Crippen molar-refractivity contribution in [2.75, 3.05) is 5.73 Å². The van der Waals surface area contributed by atoms with E-state index >= 15 is 0 Å². The van der Waals surface area contributed by atoms with E-state index in [1.807, 2.05) is 18.5 Å². The molecule has 0 aliphatic heterocycles. The van der Waals surface area contributed by atoms with Crippen LogP contribution in [0.1, 0.15) is 43.8 Å². The van der Waals surface area contributed by atoms with Crippen LogP contribution in [0.4, 0.5) is 5.82 Å². The summed E-state index contributed by atoms with van der Waals surface area (Å²) in [5.41, 5.74) is 7.23. The second kappa shape index (κ2) is 3.68. The monoisotopic (exact) mass is 261 g/mol. The molecule has 4 fully saturated rings. The lowest BCUT2D eigenvalue weighted by atomic mass is 9.54. The van der Waals surface area contributed by atoms with Gasteiger partial charge in [-0.1, -0.05) is 0 Å². The van der Waals surface area contributed by atoms with E-state index in [9.17, 15) is 4.79 Å². The molecule has 4 nitrogen and oxygen atoms in total. The van der Waals surface area contributed by atoms with Gasteiger partial charge in [0.25, 0.3) is 0 Å². The fraction of sp³-hybridized carbons (Fsp3) is 0.800. The maximum atomic E-state index is 12.5. The van der Waals surface area contributed by atoms with Gasteiger partial charge >= 0.3 is 5.69 Å². The normalized spacial score (nSPS) is 40.0. The number of anilines is 1. The van der Waals surface area contributed by atoms with Crippen molar-refractivity contribution in [1.82, 2.24) is 9.13 Å². The predicted octanol–water partition coefficient (Wildman–Crippen LogP) is 2.07. The number of hydrogen-bond donors (Lipinski definition) is 1. The molecule has 0 radical (unpaired) electrons. The minimum atomic E-state index is 0.0903. The molecular formula is C15H23N3O. The molecule has 0 aromatic carbocycles. The van der Waals surface area contributed by atoms with Crippen LogP contribution >= 0.6 is 0 Å². The maximum Gasteiger partial charge on any atom is 0.329 e. The summed E-state index contributed by atoms with van der Waals surface area (Å²) in [6.45, 7) is 1.95. The average Bonchev–Trinajstić information content (AvgIpc) is 2.55. The molecule has 4 heteroatoms. The van der Waals surface area contributed by atoms with E-state index in [1.54, 1.807) is 4.57 Å². The smallest absolute Gasteiger partial charge is 0.329 e. The highest BCUT2D eigenvalue weighted by molar-refractivity contribution is 5.37. The third-order valence-corrected chi connectivity index (χ3v) is 6.10. The van der Waals surface area contributed by atoms with Crippen LogP contribution in [0, 0.1) is 30.6 Å². The zero-order chi connectivity index (χ0) is 13.3. The molecule has 4 bridgehead atoms. The van der Waals surface area contributed by atoms with Crippen molar-refractivity contribution in [3.63, 3.8) is 0 Å². The standard InChI is InChI=1S/C15H23N3O/c1-8-14(16)18(15(19)17(8)2)13-11-4-9-3-10(6-11)7-12(13)5-9/h9-13H,3-7,16H2,1-2H3. The first-order valence-electron chi connectivity index (χ1n) is 7.59. The SMILES string of the molecule is Cc1c(N)n(C2C3CC4CC(C3)CC2C4)c(=O)n1C. The Morgan fingerprint density at radius 1 is 1.05 bits per heavy atom. The lowest BCUT2D eigenvalue weighted by Crippen LogP contribution is -2.48. The molecule has 1 heterocycles. The molecule has 4 saturated carbocycles. The van der Waals surface area contributed by atoms with E-state index in [0.717, 1.165) is 17.5 Å². The molecule has 4 aliphatic carbocycles. The number of rotatable bonds is 1. The topological polar surface area (TPSA) is 52.9 Å². The van der Waals surface area contributed by atoms with Crippen molar-refractivity contribution in [1.29, 1.82) is 0 Å². The quantitative estimate of drug-likeness (QED) is 0.841. The number of imidazole rings is 1. The fourth-order valence-electron chi connectivity index (χ4n) is 5.36. The van der Waals surface area contributed by atoms with Gasteiger partial charge in [0.15, 0.2) is 0 Å². The lowest BCUT2D eigenvalue weighted by molar-refractivity contribution is -0.0296. The summed E-state index contributed by atoms with van der Waals surface area (Å²) in [5.74, 6) is 3.95. The summed E-state index contributed by atoms with van der Waals surface area (Å²) in [4.78, 5) is 12.5. The molecule has 0 unspecified atom stereocenters. The van der Waals surface area contributed by atoms with Gasteiger partial charge in [-0.15, -0.1) is 0 Å². The predicted molar refractivity (Wildman–Crippen MR) is 74.9 cm³/mol. The van der Waals surface area contributed by atoms with Crippen LogP contribution in [0.15, 0.2) is 4.79 Å². The van der Waals surface area contributed by atoms with E-state index in [0.29, 0.717) is 23.7 Å². The second-order valence-electron chi connectivity index (χ2n) is 7.10. The Hall–Kier alpha value is -1.19. The van der Waals surface area contributed by atoms with E-state index in [2.05, 4.69) is 0 Å². The van der Waals surface area contributed by atoms with Crippen molar-refractivity contribution in [3.05, 3.63) is 16.2 Å². The maximum absolute atomic E-state index is 12.5. The van der Waals surface area contributed by atoms with Crippen molar-refractivity contribution in [3.8, 4) is 0 Å². The first kappa shape index (κ1) is 11.6. The molecule has 1 aromatic rings. The molecule has 0 amide bonds. The van der Waals surface area contributed by atoms with Crippen molar-refractivity contribution >= 4 is 5.82 Å². The Morgan fingerprint density at radius 2 is 1.58 bits per heavy atom. The van der Waals surface area contributed by atoms with Gasteiger partial charge in [0.05, 0.1) is 5.69 Å². The van der Waals surface area contributed by atoms with Gasteiger partial charge in [0.2, 0.25) is 0 Å².